The smallest absolute Gasteiger partial charge is 0.252 e. The molecule has 35 heavy (non-hydrogen) atoms. The van der Waals surface area contributed by atoms with E-state index in [2.05, 4.69) is 20.6 Å². The van der Waals surface area contributed by atoms with Gasteiger partial charge in [-0.2, -0.15) is 0 Å². The molecular formula is C25H26N6O3S. The predicted molar refractivity (Wildman–Crippen MR) is 135 cm³/mol. The molecule has 4 aromatic rings. The first-order chi connectivity index (χ1) is 16.9. The molecule has 4 rings (SSSR count). The molecule has 0 aliphatic rings. The molecule has 0 radical (unpaired) electrons. The molecule has 0 saturated heterocycles. The number of methoxy groups -OCH3 is 1. The van der Waals surface area contributed by atoms with Crippen LogP contribution in [-0.2, 0) is 18.9 Å². The highest BCUT2D eigenvalue weighted by atomic mass is 32.2. The van der Waals surface area contributed by atoms with Crippen LogP contribution in [0, 0.1) is 0 Å². The number of carbonyl (C=O) groups excluding carboxylic acids is 2. The van der Waals surface area contributed by atoms with Gasteiger partial charge in [-0.3, -0.25) is 9.59 Å². The fourth-order valence-electron chi connectivity index (χ4n) is 3.49. The number of benzene rings is 2. The van der Waals surface area contributed by atoms with Gasteiger partial charge < -0.3 is 24.5 Å². The first-order valence-corrected chi connectivity index (χ1v) is 11.8. The number of imidazole rings is 2. The number of hydrogen-bond donors (Lipinski definition) is 2. The molecule has 2 N–H and O–H groups in total. The highest BCUT2D eigenvalue weighted by molar-refractivity contribution is 7.99. The summed E-state index contributed by atoms with van der Waals surface area (Å²) < 4.78 is 8.98. The molecule has 0 saturated carbocycles. The van der Waals surface area contributed by atoms with Crippen LogP contribution in [0.3, 0.4) is 0 Å². The summed E-state index contributed by atoms with van der Waals surface area (Å²) in [5, 5.41) is 6.68. The second-order valence-electron chi connectivity index (χ2n) is 7.81. The van der Waals surface area contributed by atoms with Crippen molar-refractivity contribution in [1.82, 2.24) is 24.4 Å². The highest BCUT2D eigenvalue weighted by Crippen LogP contribution is 2.24. The summed E-state index contributed by atoms with van der Waals surface area (Å²) in [5.74, 6) is 1.27. The van der Waals surface area contributed by atoms with Crippen molar-refractivity contribution in [2.24, 2.45) is 14.1 Å². The number of amides is 2. The van der Waals surface area contributed by atoms with Gasteiger partial charge in [-0.15, -0.1) is 0 Å². The van der Waals surface area contributed by atoms with Gasteiger partial charge in [0.2, 0.25) is 5.91 Å². The van der Waals surface area contributed by atoms with Crippen molar-refractivity contribution in [2.75, 3.05) is 18.2 Å². The van der Waals surface area contributed by atoms with E-state index in [0.29, 0.717) is 17.1 Å². The molecule has 0 aliphatic heterocycles. The van der Waals surface area contributed by atoms with Gasteiger partial charge in [0, 0.05) is 50.1 Å². The first kappa shape index (κ1) is 24.1. The van der Waals surface area contributed by atoms with Crippen LogP contribution in [0.2, 0.25) is 0 Å². The normalized spacial score (nSPS) is 11.6. The lowest BCUT2D eigenvalue weighted by atomic mass is 10.0. The van der Waals surface area contributed by atoms with Crippen molar-refractivity contribution in [3.63, 3.8) is 0 Å². The van der Waals surface area contributed by atoms with Crippen molar-refractivity contribution >= 4 is 29.3 Å². The predicted octanol–water partition coefficient (Wildman–Crippen LogP) is 3.41. The Kier molecular flexibility index (Phi) is 7.51. The minimum absolute atomic E-state index is 0.149. The number of hydrogen-bond acceptors (Lipinski definition) is 6. The van der Waals surface area contributed by atoms with Gasteiger partial charge in [0.15, 0.2) is 5.16 Å². The second kappa shape index (κ2) is 10.9. The number of nitrogens with zero attached hydrogens (tertiary/aromatic N) is 4. The monoisotopic (exact) mass is 490 g/mol. The van der Waals surface area contributed by atoms with E-state index in [0.717, 1.165) is 16.5 Å². The highest BCUT2D eigenvalue weighted by Gasteiger charge is 2.21. The zero-order valence-corrected chi connectivity index (χ0v) is 20.5. The van der Waals surface area contributed by atoms with Gasteiger partial charge in [0.25, 0.3) is 5.91 Å². The number of carbonyl (C=O) groups is 2. The molecule has 0 spiro atoms. The summed E-state index contributed by atoms with van der Waals surface area (Å²) in [6.07, 6.45) is 7.05. The number of ether oxygens (including phenoxy) is 1. The Morgan fingerprint density at radius 3 is 2.26 bits per heavy atom. The first-order valence-electron chi connectivity index (χ1n) is 10.9. The van der Waals surface area contributed by atoms with E-state index in [1.165, 1.54) is 11.8 Å². The van der Waals surface area contributed by atoms with Crippen molar-refractivity contribution in [2.45, 2.75) is 11.2 Å². The molecule has 0 bridgehead atoms. The fraction of sp³-hybridized carbons (Fsp3) is 0.200. The summed E-state index contributed by atoms with van der Waals surface area (Å²) in [5.41, 5.74) is 1.96. The van der Waals surface area contributed by atoms with Gasteiger partial charge in [-0.1, -0.05) is 23.9 Å². The van der Waals surface area contributed by atoms with Crippen molar-refractivity contribution in [1.29, 1.82) is 0 Å². The van der Waals surface area contributed by atoms with Gasteiger partial charge in [-0.05, 0) is 42.0 Å². The third-order valence-electron chi connectivity index (χ3n) is 5.38. The number of aromatic nitrogens is 4. The van der Waals surface area contributed by atoms with E-state index >= 15 is 0 Å². The molecule has 1 atom stereocenters. The quantitative estimate of drug-likeness (QED) is 0.349. The van der Waals surface area contributed by atoms with Gasteiger partial charge in [-0.25, -0.2) is 9.97 Å². The Morgan fingerprint density at radius 1 is 0.971 bits per heavy atom. The maximum atomic E-state index is 13.1. The van der Waals surface area contributed by atoms with Crippen LogP contribution < -0.4 is 15.4 Å². The van der Waals surface area contributed by atoms with Crippen LogP contribution in [0.5, 0.6) is 5.75 Å². The summed E-state index contributed by atoms with van der Waals surface area (Å²) in [7, 11) is 5.37. The summed E-state index contributed by atoms with van der Waals surface area (Å²) in [6, 6.07) is 13.8. The number of anilines is 1. The molecule has 2 amide bonds. The maximum Gasteiger partial charge on any atom is 0.252 e. The largest absolute Gasteiger partial charge is 0.497 e. The van der Waals surface area contributed by atoms with E-state index in [1.807, 2.05) is 59.9 Å². The summed E-state index contributed by atoms with van der Waals surface area (Å²) >= 11 is 1.36. The van der Waals surface area contributed by atoms with E-state index in [9.17, 15) is 9.59 Å². The molecule has 0 unspecified atom stereocenters. The molecular weight excluding hydrogens is 464 g/mol. The standard InChI is InChI=1S/C25H26N6O3S/c1-30-14-12-26-23(30)22(17-6-10-20(34-3)11-7-17)29-24(33)18-4-8-19(9-5-18)28-21(32)16-35-25-27-13-15-31(25)2/h4-15,22H,16H2,1-3H3,(H,28,32)(H,29,33)/t22-/m0/s1. The Bertz CT molecular complexity index is 1300. The number of rotatable bonds is 9. The average molecular weight is 491 g/mol. The van der Waals surface area contributed by atoms with Crippen LogP contribution in [0.15, 0.2) is 78.5 Å². The van der Waals surface area contributed by atoms with Crippen LogP contribution >= 0.6 is 11.8 Å². The third-order valence-corrected chi connectivity index (χ3v) is 6.44. The number of aryl methyl sites for hydroxylation is 2. The number of nitrogens with one attached hydrogen (secondary N) is 2. The van der Waals surface area contributed by atoms with Crippen LogP contribution in [0.25, 0.3) is 0 Å². The Balaban J connectivity index is 1.42. The van der Waals surface area contributed by atoms with E-state index in [4.69, 9.17) is 4.74 Å². The Labute approximate surface area is 207 Å². The minimum atomic E-state index is -0.448. The molecule has 10 heteroatoms. The van der Waals surface area contributed by atoms with E-state index < -0.39 is 6.04 Å². The molecule has 180 valence electrons. The van der Waals surface area contributed by atoms with Gasteiger partial charge in [0.05, 0.1) is 12.9 Å². The Morgan fingerprint density at radius 2 is 1.66 bits per heavy atom. The second-order valence-corrected chi connectivity index (χ2v) is 8.75. The topological polar surface area (TPSA) is 103 Å². The zero-order valence-electron chi connectivity index (χ0n) is 19.6. The minimum Gasteiger partial charge on any atom is -0.497 e. The van der Waals surface area contributed by atoms with E-state index in [1.54, 1.807) is 43.8 Å². The SMILES string of the molecule is COc1ccc([C@H](NC(=O)c2ccc(NC(=O)CSc3nccn3C)cc2)c2nccn2C)cc1. The summed E-state index contributed by atoms with van der Waals surface area (Å²) in [4.78, 5) is 34.0. The van der Waals surface area contributed by atoms with Crippen molar-refractivity contribution in [3.8, 4) is 5.75 Å². The van der Waals surface area contributed by atoms with Crippen LogP contribution in [0.1, 0.15) is 27.8 Å². The fourth-order valence-corrected chi connectivity index (χ4v) is 4.22. The lowest BCUT2D eigenvalue weighted by Gasteiger charge is -2.19. The lowest BCUT2D eigenvalue weighted by molar-refractivity contribution is -0.113. The molecule has 9 nitrogen and oxygen atoms in total. The maximum absolute atomic E-state index is 13.1. The van der Waals surface area contributed by atoms with Crippen molar-refractivity contribution < 1.29 is 14.3 Å². The van der Waals surface area contributed by atoms with Crippen LogP contribution in [0.4, 0.5) is 5.69 Å². The van der Waals surface area contributed by atoms with E-state index in [-0.39, 0.29) is 17.6 Å². The van der Waals surface area contributed by atoms with Gasteiger partial charge >= 0.3 is 0 Å². The lowest BCUT2D eigenvalue weighted by Crippen LogP contribution is -2.31. The van der Waals surface area contributed by atoms with Crippen LogP contribution in [-0.4, -0.2) is 43.8 Å². The molecule has 0 fully saturated rings. The molecule has 2 heterocycles. The average Bonchev–Trinajstić information content (AvgIpc) is 3.49. The molecule has 0 aliphatic carbocycles. The molecule has 2 aromatic carbocycles. The molecule has 2 aromatic heterocycles. The summed E-state index contributed by atoms with van der Waals surface area (Å²) in [6.45, 7) is 0. The van der Waals surface area contributed by atoms with Crippen molar-refractivity contribution in [3.05, 3.63) is 90.3 Å². The zero-order chi connectivity index (χ0) is 24.8. The number of thioether (sulfide) groups is 1. The van der Waals surface area contributed by atoms with Gasteiger partial charge in [0.1, 0.15) is 17.6 Å². The Hall–Kier alpha value is -4.05. The third kappa shape index (κ3) is 5.90.